The Morgan fingerprint density at radius 1 is 1.48 bits per heavy atom. The summed E-state index contributed by atoms with van der Waals surface area (Å²) in [6.07, 6.45) is -0.576. The van der Waals surface area contributed by atoms with Gasteiger partial charge in [-0.3, -0.25) is 23.9 Å². The molecule has 0 aliphatic carbocycles. The molecule has 3 heterocycles. The molecule has 146 valence electrons. The van der Waals surface area contributed by atoms with Crippen molar-refractivity contribution in [2.75, 3.05) is 19.0 Å². The Hall–Kier alpha value is -3.02. The van der Waals surface area contributed by atoms with Crippen LogP contribution in [0.4, 0.5) is 10.3 Å². The maximum Gasteiger partial charge on any atom is 0.303 e. The van der Waals surface area contributed by atoms with E-state index in [0.29, 0.717) is 0 Å². The highest BCUT2D eigenvalue weighted by molar-refractivity contribution is 5.70. The number of carbonyl (C=O) groups excluding carboxylic acids is 2. The number of imidazole rings is 1. The van der Waals surface area contributed by atoms with Crippen LogP contribution in [0.15, 0.2) is 11.1 Å². The van der Waals surface area contributed by atoms with Crippen LogP contribution in [-0.2, 0) is 23.8 Å². The zero-order valence-corrected chi connectivity index (χ0v) is 14.6. The van der Waals surface area contributed by atoms with Crippen LogP contribution < -0.4 is 11.3 Å². The van der Waals surface area contributed by atoms with Gasteiger partial charge in [0.2, 0.25) is 5.95 Å². The van der Waals surface area contributed by atoms with Crippen molar-refractivity contribution in [1.29, 1.82) is 0 Å². The van der Waals surface area contributed by atoms with E-state index in [1.165, 1.54) is 24.7 Å². The summed E-state index contributed by atoms with van der Waals surface area (Å²) < 4.78 is 31.2. The van der Waals surface area contributed by atoms with Gasteiger partial charge in [-0.1, -0.05) is 0 Å². The molecule has 3 atom stereocenters. The number of nitrogens with one attached hydrogen (secondary N) is 1. The second kappa shape index (κ2) is 6.95. The third kappa shape index (κ3) is 3.47. The van der Waals surface area contributed by atoms with E-state index in [4.69, 9.17) is 19.9 Å². The van der Waals surface area contributed by atoms with Gasteiger partial charge in [-0.15, -0.1) is 0 Å². The summed E-state index contributed by atoms with van der Waals surface area (Å²) in [5.41, 5.74) is 3.49. The molecular weight excluding hydrogens is 365 g/mol. The van der Waals surface area contributed by atoms with Crippen molar-refractivity contribution >= 4 is 29.1 Å². The van der Waals surface area contributed by atoms with Gasteiger partial charge in [-0.25, -0.2) is 9.37 Å². The standard InChI is InChI=1S/C15H18FN5O6/c1-7(22)25-5-15(4-16)9(26-8(2)23)3-10(27-15)21-6-18-11-12(21)19-14(17)20-13(11)24/h6,9-10H,3-5H2,1-2H3,(H3,17,19,20,24)/t9-,10+,15+/m0/s1. The molecule has 12 heteroatoms. The quantitative estimate of drug-likeness (QED) is 0.670. The number of alkyl halides is 1. The van der Waals surface area contributed by atoms with Crippen molar-refractivity contribution in [1.82, 2.24) is 19.5 Å². The monoisotopic (exact) mass is 383 g/mol. The molecular formula is C15H18FN5O6. The van der Waals surface area contributed by atoms with E-state index in [1.807, 2.05) is 0 Å². The number of esters is 2. The fourth-order valence-electron chi connectivity index (χ4n) is 2.98. The highest BCUT2D eigenvalue weighted by Crippen LogP contribution is 2.40. The first-order chi connectivity index (χ1) is 12.8. The van der Waals surface area contributed by atoms with E-state index < -0.39 is 48.7 Å². The smallest absolute Gasteiger partial charge is 0.303 e. The number of carbonyl (C=O) groups is 2. The third-order valence-electron chi connectivity index (χ3n) is 4.19. The first-order valence-corrected chi connectivity index (χ1v) is 8.02. The molecule has 3 rings (SSSR count). The molecule has 0 radical (unpaired) electrons. The van der Waals surface area contributed by atoms with E-state index in [0.717, 1.165) is 0 Å². The topological polar surface area (TPSA) is 151 Å². The highest BCUT2D eigenvalue weighted by atomic mass is 19.1. The number of nitrogens with two attached hydrogens (primary N) is 1. The Bertz CT molecular complexity index is 942. The molecule has 1 aliphatic rings. The number of nitrogen functional groups attached to an aromatic ring is 1. The van der Waals surface area contributed by atoms with Crippen LogP contribution in [0, 0.1) is 0 Å². The minimum absolute atomic E-state index is 0.0228. The minimum atomic E-state index is -1.69. The Balaban J connectivity index is 1.99. The lowest BCUT2D eigenvalue weighted by Gasteiger charge is -2.30. The lowest BCUT2D eigenvalue weighted by molar-refractivity contribution is -0.179. The van der Waals surface area contributed by atoms with Crippen molar-refractivity contribution in [2.45, 2.75) is 38.2 Å². The number of hydrogen-bond acceptors (Lipinski definition) is 9. The normalized spacial score (nSPS) is 24.9. The van der Waals surface area contributed by atoms with Crippen LogP contribution in [0.25, 0.3) is 11.2 Å². The summed E-state index contributed by atoms with van der Waals surface area (Å²) >= 11 is 0. The molecule has 1 fully saturated rings. The zero-order chi connectivity index (χ0) is 19.8. The average Bonchev–Trinajstić information content (AvgIpc) is 3.14. The second-order valence-electron chi connectivity index (χ2n) is 6.16. The van der Waals surface area contributed by atoms with E-state index >= 15 is 0 Å². The molecule has 2 aromatic heterocycles. The number of H-pyrrole nitrogens is 1. The SMILES string of the molecule is CC(=O)OC[C@@]1(CF)O[C@@H](n2cnc3c(=O)[nH]c(N)nc32)C[C@@H]1OC(C)=O. The van der Waals surface area contributed by atoms with Crippen molar-refractivity contribution in [3.63, 3.8) is 0 Å². The van der Waals surface area contributed by atoms with Crippen LogP contribution >= 0.6 is 0 Å². The summed E-state index contributed by atoms with van der Waals surface area (Å²) in [6.45, 7) is 0.825. The van der Waals surface area contributed by atoms with Crippen LogP contribution in [0.1, 0.15) is 26.5 Å². The van der Waals surface area contributed by atoms with Gasteiger partial charge in [-0.2, -0.15) is 4.98 Å². The summed E-state index contributed by atoms with van der Waals surface area (Å²) in [7, 11) is 0. The number of anilines is 1. The van der Waals surface area contributed by atoms with Crippen LogP contribution in [0.3, 0.4) is 0 Å². The van der Waals surface area contributed by atoms with Gasteiger partial charge >= 0.3 is 11.9 Å². The maximum absolute atomic E-state index is 13.9. The van der Waals surface area contributed by atoms with E-state index in [9.17, 15) is 18.8 Å². The Kier molecular flexibility index (Phi) is 4.83. The van der Waals surface area contributed by atoms with Crippen molar-refractivity contribution < 1.29 is 28.2 Å². The summed E-state index contributed by atoms with van der Waals surface area (Å²) in [5.74, 6) is -1.40. The molecule has 0 spiro atoms. The molecule has 27 heavy (non-hydrogen) atoms. The van der Waals surface area contributed by atoms with Gasteiger partial charge in [-0.05, 0) is 0 Å². The highest BCUT2D eigenvalue weighted by Gasteiger charge is 2.53. The first-order valence-electron chi connectivity index (χ1n) is 8.02. The third-order valence-corrected chi connectivity index (χ3v) is 4.19. The fraction of sp³-hybridized carbons (Fsp3) is 0.533. The van der Waals surface area contributed by atoms with Crippen LogP contribution in [-0.4, -0.2) is 56.4 Å². The molecule has 0 saturated carbocycles. The Labute approximate surface area is 151 Å². The number of hydrogen-bond donors (Lipinski definition) is 2. The van der Waals surface area contributed by atoms with E-state index in [1.54, 1.807) is 0 Å². The lowest BCUT2D eigenvalue weighted by Crippen LogP contribution is -2.48. The molecule has 0 aromatic carbocycles. The van der Waals surface area contributed by atoms with Gasteiger partial charge in [0.05, 0.1) is 6.33 Å². The molecule has 3 N–H and O–H groups in total. The Morgan fingerprint density at radius 3 is 2.85 bits per heavy atom. The lowest BCUT2D eigenvalue weighted by atomic mass is 9.99. The molecule has 11 nitrogen and oxygen atoms in total. The van der Waals surface area contributed by atoms with Gasteiger partial charge < -0.3 is 19.9 Å². The number of aromatic amines is 1. The van der Waals surface area contributed by atoms with Gasteiger partial charge in [0.25, 0.3) is 5.56 Å². The summed E-state index contributed by atoms with van der Waals surface area (Å²) in [5, 5.41) is 0. The van der Waals surface area contributed by atoms with Crippen LogP contribution in [0.2, 0.25) is 0 Å². The number of rotatable bonds is 5. The van der Waals surface area contributed by atoms with Crippen molar-refractivity contribution in [2.24, 2.45) is 0 Å². The molecule has 0 unspecified atom stereocenters. The number of halogens is 1. The summed E-state index contributed by atoms with van der Waals surface area (Å²) in [4.78, 5) is 44.8. The van der Waals surface area contributed by atoms with E-state index in [2.05, 4.69) is 15.0 Å². The largest absolute Gasteiger partial charge is 0.463 e. The number of aromatic nitrogens is 4. The van der Waals surface area contributed by atoms with Crippen molar-refractivity contribution in [3.05, 3.63) is 16.7 Å². The zero-order valence-electron chi connectivity index (χ0n) is 14.6. The number of nitrogens with zero attached hydrogens (tertiary/aromatic N) is 3. The summed E-state index contributed by atoms with van der Waals surface area (Å²) in [6, 6.07) is 0. The molecule has 1 saturated heterocycles. The van der Waals surface area contributed by atoms with Crippen molar-refractivity contribution in [3.8, 4) is 0 Å². The molecule has 0 bridgehead atoms. The van der Waals surface area contributed by atoms with Gasteiger partial charge in [0, 0.05) is 20.3 Å². The molecule has 1 aliphatic heterocycles. The van der Waals surface area contributed by atoms with Crippen LogP contribution in [0.5, 0.6) is 0 Å². The molecule has 0 amide bonds. The first kappa shape index (κ1) is 18.8. The van der Waals surface area contributed by atoms with E-state index in [-0.39, 0.29) is 23.5 Å². The Morgan fingerprint density at radius 2 is 2.22 bits per heavy atom. The number of ether oxygens (including phenoxy) is 3. The minimum Gasteiger partial charge on any atom is -0.463 e. The van der Waals surface area contributed by atoms with Gasteiger partial charge in [0.1, 0.15) is 25.6 Å². The molecule has 2 aromatic rings. The second-order valence-corrected chi connectivity index (χ2v) is 6.16. The predicted octanol–water partition coefficient (Wildman–Crippen LogP) is -0.176. The van der Waals surface area contributed by atoms with Gasteiger partial charge in [0.15, 0.2) is 16.8 Å². The maximum atomic E-state index is 13.9. The fourth-order valence-corrected chi connectivity index (χ4v) is 2.98. The predicted molar refractivity (Wildman–Crippen MR) is 88.2 cm³/mol. The number of fused-ring (bicyclic) bond motifs is 1. The average molecular weight is 383 g/mol.